The van der Waals surface area contributed by atoms with Crippen LogP contribution in [0, 0.1) is 13.8 Å². The molecule has 0 aliphatic carbocycles. The van der Waals surface area contributed by atoms with Crippen molar-refractivity contribution < 1.29 is 14.6 Å². The number of nitrogens with zero attached hydrogens (tertiary/aromatic N) is 1. The predicted octanol–water partition coefficient (Wildman–Crippen LogP) is 3.34. The maximum absolute atomic E-state index is 9.80. The third-order valence-electron chi connectivity index (χ3n) is 3.21. The van der Waals surface area contributed by atoms with Crippen molar-refractivity contribution in [2.45, 2.75) is 33.5 Å². The molecule has 2 rings (SSSR count). The molecular weight excluding hydrogens is 266 g/mol. The molecule has 4 heteroatoms. The standard InChI is InChI=1S/C17H21NO3/c1-11-5-6-16(13(3)19)17(7-11)21-10-14-9-15(20-4)8-12(2)18-14/h5-9,13,19H,10H2,1-4H3/t13-/m0/s1. The topological polar surface area (TPSA) is 51.6 Å². The molecule has 0 spiro atoms. The number of aliphatic hydroxyl groups excluding tert-OH is 1. The van der Waals surface area contributed by atoms with Gasteiger partial charge >= 0.3 is 0 Å². The molecule has 0 amide bonds. The first-order valence-electron chi connectivity index (χ1n) is 6.92. The van der Waals surface area contributed by atoms with Crippen LogP contribution in [0.4, 0.5) is 0 Å². The number of hydrogen-bond donors (Lipinski definition) is 1. The molecule has 0 fully saturated rings. The Morgan fingerprint density at radius 3 is 2.62 bits per heavy atom. The van der Waals surface area contributed by atoms with Crippen LogP contribution in [-0.4, -0.2) is 17.2 Å². The molecule has 0 saturated carbocycles. The van der Waals surface area contributed by atoms with E-state index in [1.54, 1.807) is 14.0 Å². The van der Waals surface area contributed by atoms with Crippen molar-refractivity contribution in [1.29, 1.82) is 0 Å². The summed E-state index contributed by atoms with van der Waals surface area (Å²) in [6, 6.07) is 9.50. The number of hydrogen-bond acceptors (Lipinski definition) is 4. The molecule has 1 aromatic carbocycles. The van der Waals surface area contributed by atoms with Crippen LogP contribution in [0.3, 0.4) is 0 Å². The van der Waals surface area contributed by atoms with Crippen molar-refractivity contribution >= 4 is 0 Å². The summed E-state index contributed by atoms with van der Waals surface area (Å²) >= 11 is 0. The van der Waals surface area contributed by atoms with Crippen LogP contribution in [-0.2, 0) is 6.61 Å². The van der Waals surface area contributed by atoms with Gasteiger partial charge in [0.25, 0.3) is 0 Å². The second-order valence-electron chi connectivity index (χ2n) is 5.15. The lowest BCUT2D eigenvalue weighted by atomic mass is 10.1. The molecule has 1 atom stereocenters. The third-order valence-corrected chi connectivity index (χ3v) is 3.21. The number of aliphatic hydroxyl groups is 1. The molecule has 1 N–H and O–H groups in total. The second-order valence-corrected chi connectivity index (χ2v) is 5.15. The Balaban J connectivity index is 2.20. The summed E-state index contributed by atoms with van der Waals surface area (Å²) < 4.78 is 11.1. The van der Waals surface area contributed by atoms with Gasteiger partial charge in [0.1, 0.15) is 18.1 Å². The maximum atomic E-state index is 9.80. The smallest absolute Gasteiger partial charge is 0.130 e. The highest BCUT2D eigenvalue weighted by atomic mass is 16.5. The van der Waals surface area contributed by atoms with E-state index in [2.05, 4.69) is 4.98 Å². The molecule has 0 aliphatic rings. The Bertz CT molecular complexity index is 623. The summed E-state index contributed by atoms with van der Waals surface area (Å²) in [5.41, 5.74) is 3.54. The zero-order valence-electron chi connectivity index (χ0n) is 12.9. The number of benzene rings is 1. The summed E-state index contributed by atoms with van der Waals surface area (Å²) in [5.74, 6) is 1.45. The van der Waals surface area contributed by atoms with Gasteiger partial charge in [0.2, 0.25) is 0 Å². The first kappa shape index (κ1) is 15.3. The van der Waals surface area contributed by atoms with Crippen LogP contribution >= 0.6 is 0 Å². The molecule has 0 bridgehead atoms. The van der Waals surface area contributed by atoms with Crippen molar-refractivity contribution in [3.05, 3.63) is 52.8 Å². The Morgan fingerprint density at radius 1 is 1.19 bits per heavy atom. The first-order chi connectivity index (χ1) is 9.99. The fourth-order valence-corrected chi connectivity index (χ4v) is 2.16. The van der Waals surface area contributed by atoms with E-state index in [1.165, 1.54) is 0 Å². The van der Waals surface area contributed by atoms with Gasteiger partial charge in [-0.2, -0.15) is 0 Å². The van der Waals surface area contributed by atoms with Crippen LogP contribution in [0.1, 0.15) is 35.5 Å². The molecule has 2 aromatic rings. The number of methoxy groups -OCH3 is 1. The molecule has 112 valence electrons. The Kier molecular flexibility index (Phi) is 4.81. The number of ether oxygens (including phenoxy) is 2. The molecule has 0 unspecified atom stereocenters. The van der Waals surface area contributed by atoms with Crippen LogP contribution < -0.4 is 9.47 Å². The zero-order valence-corrected chi connectivity index (χ0v) is 12.9. The number of aromatic nitrogens is 1. The summed E-state index contributed by atoms with van der Waals surface area (Å²) in [6.07, 6.45) is -0.569. The SMILES string of the molecule is COc1cc(C)nc(COc2cc(C)ccc2[C@H](C)O)c1. The van der Waals surface area contributed by atoms with Crippen molar-refractivity contribution in [3.63, 3.8) is 0 Å². The first-order valence-corrected chi connectivity index (χ1v) is 6.92. The van der Waals surface area contributed by atoms with Crippen molar-refractivity contribution in [1.82, 2.24) is 4.98 Å². The lowest BCUT2D eigenvalue weighted by molar-refractivity contribution is 0.189. The van der Waals surface area contributed by atoms with E-state index >= 15 is 0 Å². The summed E-state index contributed by atoms with van der Waals surface area (Å²) in [5, 5.41) is 9.80. The minimum Gasteiger partial charge on any atom is -0.497 e. The molecule has 21 heavy (non-hydrogen) atoms. The molecule has 1 heterocycles. The summed E-state index contributed by atoms with van der Waals surface area (Å²) in [6.45, 7) is 5.97. The van der Waals surface area contributed by atoms with E-state index < -0.39 is 6.10 Å². The van der Waals surface area contributed by atoms with Gasteiger partial charge in [0, 0.05) is 23.4 Å². The average molecular weight is 287 g/mol. The van der Waals surface area contributed by atoms with E-state index in [1.807, 2.05) is 44.2 Å². The van der Waals surface area contributed by atoms with Gasteiger partial charge in [0.05, 0.1) is 18.9 Å². The van der Waals surface area contributed by atoms with Gasteiger partial charge in [-0.1, -0.05) is 12.1 Å². The van der Waals surface area contributed by atoms with Gasteiger partial charge in [-0.3, -0.25) is 4.98 Å². The van der Waals surface area contributed by atoms with Gasteiger partial charge in [-0.15, -0.1) is 0 Å². The van der Waals surface area contributed by atoms with E-state index in [0.29, 0.717) is 12.4 Å². The lowest BCUT2D eigenvalue weighted by Gasteiger charge is -2.14. The third kappa shape index (κ3) is 3.95. The molecule has 0 saturated heterocycles. The van der Waals surface area contributed by atoms with Gasteiger partial charge in [0.15, 0.2) is 0 Å². The monoisotopic (exact) mass is 287 g/mol. The molecule has 1 aromatic heterocycles. The van der Waals surface area contributed by atoms with Gasteiger partial charge in [-0.25, -0.2) is 0 Å². The molecule has 0 radical (unpaired) electrons. The van der Waals surface area contributed by atoms with E-state index in [4.69, 9.17) is 9.47 Å². The fraction of sp³-hybridized carbons (Fsp3) is 0.353. The highest BCUT2D eigenvalue weighted by molar-refractivity contribution is 5.38. The number of pyridine rings is 1. The largest absolute Gasteiger partial charge is 0.497 e. The van der Waals surface area contributed by atoms with Gasteiger partial charge < -0.3 is 14.6 Å². The van der Waals surface area contributed by atoms with Gasteiger partial charge in [-0.05, 0) is 32.4 Å². The van der Waals surface area contributed by atoms with E-state index in [-0.39, 0.29) is 0 Å². The van der Waals surface area contributed by atoms with Crippen LogP contribution in [0.2, 0.25) is 0 Å². The van der Waals surface area contributed by atoms with Crippen molar-refractivity contribution in [2.75, 3.05) is 7.11 Å². The summed E-state index contributed by atoms with van der Waals surface area (Å²) in [7, 11) is 1.63. The minimum absolute atomic E-state index is 0.335. The van der Waals surface area contributed by atoms with Crippen molar-refractivity contribution in [2.24, 2.45) is 0 Å². The molecular formula is C17H21NO3. The van der Waals surface area contributed by atoms with Crippen LogP contribution in [0.25, 0.3) is 0 Å². The minimum atomic E-state index is -0.569. The molecule has 4 nitrogen and oxygen atoms in total. The summed E-state index contributed by atoms with van der Waals surface area (Å²) in [4.78, 5) is 4.43. The zero-order chi connectivity index (χ0) is 15.4. The predicted molar refractivity (Wildman–Crippen MR) is 81.7 cm³/mol. The normalized spacial score (nSPS) is 12.0. The Hall–Kier alpha value is -2.07. The lowest BCUT2D eigenvalue weighted by Crippen LogP contribution is -2.04. The van der Waals surface area contributed by atoms with Crippen LogP contribution in [0.5, 0.6) is 11.5 Å². The fourth-order valence-electron chi connectivity index (χ4n) is 2.16. The van der Waals surface area contributed by atoms with Crippen molar-refractivity contribution in [3.8, 4) is 11.5 Å². The maximum Gasteiger partial charge on any atom is 0.130 e. The molecule has 0 aliphatic heterocycles. The highest BCUT2D eigenvalue weighted by Gasteiger charge is 2.10. The van der Waals surface area contributed by atoms with Crippen LogP contribution in [0.15, 0.2) is 30.3 Å². The highest BCUT2D eigenvalue weighted by Crippen LogP contribution is 2.27. The number of rotatable bonds is 5. The Labute approximate surface area is 125 Å². The number of aryl methyl sites for hydroxylation is 2. The van der Waals surface area contributed by atoms with E-state index in [9.17, 15) is 5.11 Å². The van der Waals surface area contributed by atoms with E-state index in [0.717, 1.165) is 28.3 Å². The Morgan fingerprint density at radius 2 is 1.95 bits per heavy atom. The second kappa shape index (κ2) is 6.59. The quantitative estimate of drug-likeness (QED) is 0.916. The average Bonchev–Trinajstić information content (AvgIpc) is 2.44.